The van der Waals surface area contributed by atoms with Crippen molar-refractivity contribution in [3.8, 4) is 0 Å². The topological polar surface area (TPSA) is 81.1 Å². The first-order valence-electron chi connectivity index (χ1n) is 4.01. The fourth-order valence-corrected chi connectivity index (χ4v) is 1.52. The summed E-state index contributed by atoms with van der Waals surface area (Å²) in [6, 6.07) is -1.10. The lowest BCUT2D eigenvalue weighted by Crippen LogP contribution is -2.42. The molecule has 0 aliphatic carbocycles. The van der Waals surface area contributed by atoms with Gasteiger partial charge in [0.25, 0.3) is 0 Å². The largest absolute Gasteiger partial charge is 0.480 e. The number of aliphatic carboxylic acids is 2. The van der Waals surface area contributed by atoms with E-state index in [2.05, 4.69) is 0 Å². The molecule has 1 rings (SSSR count). The van der Waals surface area contributed by atoms with Crippen molar-refractivity contribution in [2.45, 2.75) is 13.0 Å². The van der Waals surface area contributed by atoms with Gasteiger partial charge >= 0.3 is 11.9 Å². The van der Waals surface area contributed by atoms with Gasteiger partial charge in [-0.05, 0) is 6.92 Å². The quantitative estimate of drug-likeness (QED) is 0.630. The summed E-state index contributed by atoms with van der Waals surface area (Å²) in [6.07, 6.45) is 0. The average Bonchev–Trinajstić information content (AvgIpc) is 2.29. The molecule has 1 aliphatic rings. The highest BCUT2D eigenvalue weighted by atomic mass is 16.4. The number of hydrogen-bond donors (Lipinski definition) is 2. The van der Waals surface area contributed by atoms with E-state index < -0.39 is 18.0 Å². The zero-order chi connectivity index (χ0) is 11.0. The van der Waals surface area contributed by atoms with Gasteiger partial charge in [-0.1, -0.05) is 0 Å². The number of carbonyl (C=O) groups is 2. The van der Waals surface area contributed by atoms with Crippen LogP contribution in [0.3, 0.4) is 0 Å². The molecule has 0 fully saturated rings. The number of hydrazine groups is 1. The summed E-state index contributed by atoms with van der Waals surface area (Å²) in [7, 11) is 3.17. The van der Waals surface area contributed by atoms with Crippen molar-refractivity contribution in [1.82, 2.24) is 10.0 Å². The maximum absolute atomic E-state index is 10.9. The van der Waals surface area contributed by atoms with Crippen LogP contribution < -0.4 is 0 Å². The number of nitrogens with zero attached hydrogens (tertiary/aromatic N) is 2. The molecule has 0 radical (unpaired) electrons. The van der Waals surface area contributed by atoms with E-state index >= 15 is 0 Å². The van der Waals surface area contributed by atoms with Gasteiger partial charge in [-0.15, -0.1) is 0 Å². The summed E-state index contributed by atoms with van der Waals surface area (Å²) in [5.41, 5.74) is 0.370. The normalized spacial score (nSPS) is 23.1. The summed E-state index contributed by atoms with van der Waals surface area (Å²) in [5, 5.41) is 20.6. The Bertz CT molecular complexity index is 323. The van der Waals surface area contributed by atoms with Crippen molar-refractivity contribution >= 4 is 11.9 Å². The molecule has 2 N–H and O–H groups in total. The molecule has 1 aliphatic heterocycles. The molecule has 0 aromatic heterocycles. The Hall–Kier alpha value is -1.56. The highest BCUT2D eigenvalue weighted by Crippen LogP contribution is 2.26. The van der Waals surface area contributed by atoms with Crippen LogP contribution in [-0.4, -0.2) is 52.3 Å². The Morgan fingerprint density at radius 1 is 1.29 bits per heavy atom. The lowest BCUT2D eigenvalue weighted by molar-refractivity contribution is -0.146. The molecule has 0 aromatic rings. The highest BCUT2D eigenvalue weighted by Gasteiger charge is 2.41. The molecule has 0 amide bonds. The Balaban J connectivity index is 3.18. The number of carboxylic acid groups (broad SMARTS) is 2. The first-order valence-corrected chi connectivity index (χ1v) is 4.01. The number of hydrogen-bond acceptors (Lipinski definition) is 4. The monoisotopic (exact) mass is 200 g/mol. The van der Waals surface area contributed by atoms with Gasteiger partial charge in [0.05, 0.1) is 5.57 Å². The van der Waals surface area contributed by atoms with Crippen LogP contribution in [0.25, 0.3) is 0 Å². The number of carboxylic acids is 2. The van der Waals surface area contributed by atoms with Gasteiger partial charge in [-0.2, -0.15) is 0 Å². The van der Waals surface area contributed by atoms with Gasteiger partial charge in [0.1, 0.15) is 0 Å². The molecule has 1 atom stereocenters. The smallest absolute Gasteiger partial charge is 0.335 e. The van der Waals surface area contributed by atoms with Crippen molar-refractivity contribution in [3.63, 3.8) is 0 Å². The Kier molecular flexibility index (Phi) is 2.48. The predicted molar refractivity (Wildman–Crippen MR) is 47.3 cm³/mol. The summed E-state index contributed by atoms with van der Waals surface area (Å²) >= 11 is 0. The van der Waals surface area contributed by atoms with Crippen LogP contribution in [0.15, 0.2) is 11.3 Å². The summed E-state index contributed by atoms with van der Waals surface area (Å²) in [6.45, 7) is 1.59. The zero-order valence-corrected chi connectivity index (χ0v) is 8.18. The molecular formula is C8H12N2O4. The molecule has 0 aromatic carbocycles. The van der Waals surface area contributed by atoms with Crippen LogP contribution in [0, 0.1) is 0 Å². The summed E-state index contributed by atoms with van der Waals surface area (Å²) < 4.78 is 0. The van der Waals surface area contributed by atoms with E-state index in [0.29, 0.717) is 5.70 Å². The van der Waals surface area contributed by atoms with E-state index in [9.17, 15) is 9.59 Å². The number of allylic oxidation sites excluding steroid dienone is 1. The molecule has 1 unspecified atom stereocenters. The zero-order valence-electron chi connectivity index (χ0n) is 8.18. The standard InChI is InChI=1S/C8H12N2O4/c1-4-5(7(11)12)6(8(13)14)10(3)9(4)2/h6H,1-3H3,(H,11,12)(H,13,14). The average molecular weight is 200 g/mol. The first-order chi connectivity index (χ1) is 6.37. The third-order valence-electron chi connectivity index (χ3n) is 2.46. The molecular weight excluding hydrogens is 188 g/mol. The summed E-state index contributed by atoms with van der Waals surface area (Å²) in [4.78, 5) is 21.7. The third kappa shape index (κ3) is 1.33. The van der Waals surface area contributed by atoms with Gasteiger partial charge in [-0.25, -0.2) is 9.80 Å². The highest BCUT2D eigenvalue weighted by molar-refractivity contribution is 5.97. The fraction of sp³-hybridized carbons (Fsp3) is 0.500. The summed E-state index contributed by atoms with van der Waals surface area (Å²) in [5.74, 6) is -2.35. The molecule has 0 bridgehead atoms. The van der Waals surface area contributed by atoms with E-state index in [-0.39, 0.29) is 5.57 Å². The van der Waals surface area contributed by atoms with E-state index in [4.69, 9.17) is 10.2 Å². The minimum atomic E-state index is -1.19. The second kappa shape index (κ2) is 3.30. The maximum atomic E-state index is 10.9. The van der Waals surface area contributed by atoms with Crippen LogP contribution in [0.5, 0.6) is 0 Å². The van der Waals surface area contributed by atoms with E-state index in [1.165, 1.54) is 17.1 Å². The Morgan fingerprint density at radius 3 is 2.07 bits per heavy atom. The second-order valence-electron chi connectivity index (χ2n) is 3.14. The van der Waals surface area contributed by atoms with Crippen molar-refractivity contribution in [2.75, 3.05) is 14.1 Å². The molecule has 0 saturated heterocycles. The van der Waals surface area contributed by atoms with Crippen LogP contribution in [0.4, 0.5) is 0 Å². The molecule has 78 valence electrons. The van der Waals surface area contributed by atoms with Crippen LogP contribution in [0.1, 0.15) is 6.92 Å². The van der Waals surface area contributed by atoms with Crippen molar-refractivity contribution < 1.29 is 19.8 Å². The van der Waals surface area contributed by atoms with Gasteiger partial charge < -0.3 is 15.2 Å². The van der Waals surface area contributed by atoms with Crippen LogP contribution >= 0.6 is 0 Å². The molecule has 6 nitrogen and oxygen atoms in total. The molecule has 6 heteroatoms. The minimum Gasteiger partial charge on any atom is -0.480 e. The van der Waals surface area contributed by atoms with Gasteiger partial charge in [-0.3, -0.25) is 4.79 Å². The van der Waals surface area contributed by atoms with Crippen LogP contribution in [0.2, 0.25) is 0 Å². The van der Waals surface area contributed by atoms with Crippen molar-refractivity contribution in [2.24, 2.45) is 0 Å². The van der Waals surface area contributed by atoms with Crippen molar-refractivity contribution in [3.05, 3.63) is 11.3 Å². The van der Waals surface area contributed by atoms with Gasteiger partial charge in [0.15, 0.2) is 6.04 Å². The number of likely N-dealkylation sites (N-methyl/N-ethyl adjacent to an activating group) is 1. The van der Waals surface area contributed by atoms with Gasteiger partial charge in [0.2, 0.25) is 0 Å². The first kappa shape index (κ1) is 10.5. The molecule has 1 heterocycles. The van der Waals surface area contributed by atoms with Crippen LogP contribution in [-0.2, 0) is 9.59 Å². The number of rotatable bonds is 2. The molecule has 0 spiro atoms. The SMILES string of the molecule is CC1=C(C(=O)O)C(C(=O)O)N(C)N1C. The second-order valence-corrected chi connectivity index (χ2v) is 3.14. The fourth-order valence-electron chi connectivity index (χ4n) is 1.52. The van der Waals surface area contributed by atoms with Gasteiger partial charge in [0, 0.05) is 19.8 Å². The maximum Gasteiger partial charge on any atom is 0.335 e. The third-order valence-corrected chi connectivity index (χ3v) is 2.46. The lowest BCUT2D eigenvalue weighted by atomic mass is 10.1. The lowest BCUT2D eigenvalue weighted by Gasteiger charge is -2.25. The molecule has 14 heavy (non-hydrogen) atoms. The predicted octanol–water partition coefficient (Wildman–Crippen LogP) is -0.410. The van der Waals surface area contributed by atoms with E-state index in [0.717, 1.165) is 0 Å². The minimum absolute atomic E-state index is 0.0810. The van der Waals surface area contributed by atoms with Crippen molar-refractivity contribution in [1.29, 1.82) is 0 Å². The van der Waals surface area contributed by atoms with E-state index in [1.807, 2.05) is 0 Å². The Morgan fingerprint density at radius 2 is 1.79 bits per heavy atom. The Labute approximate surface area is 81.0 Å². The van der Waals surface area contributed by atoms with E-state index in [1.54, 1.807) is 14.0 Å². The molecule has 0 saturated carbocycles.